The smallest absolute Gasteiger partial charge is 0.226 e. The molecule has 0 atom stereocenters. The summed E-state index contributed by atoms with van der Waals surface area (Å²) in [6.07, 6.45) is 2.47. The molecule has 0 radical (unpaired) electrons. The largest absolute Gasteiger partial charge is 0.493 e. The van der Waals surface area contributed by atoms with Gasteiger partial charge in [0.15, 0.2) is 23.3 Å². The molecule has 0 saturated heterocycles. The number of rotatable bonds is 11. The molecule has 0 fully saturated rings. The lowest BCUT2D eigenvalue weighted by Gasteiger charge is -2.22. The maximum atomic E-state index is 5.39. The monoisotopic (exact) mass is 417 g/mol. The molecule has 0 aliphatic heterocycles. The van der Waals surface area contributed by atoms with E-state index in [1.165, 1.54) is 5.56 Å². The Hall–Kier alpha value is -2.77. The fraction of sp³-hybridized carbons (Fsp3) is 0.591. The summed E-state index contributed by atoms with van der Waals surface area (Å²) in [5.41, 5.74) is 1.19. The number of nitrogens with zero attached hydrogens (tertiary/aromatic N) is 4. The number of hydrogen-bond acceptors (Lipinski definition) is 6. The second-order valence-corrected chi connectivity index (χ2v) is 7.40. The van der Waals surface area contributed by atoms with Gasteiger partial charge < -0.3 is 24.2 Å². The van der Waals surface area contributed by atoms with Crippen LogP contribution in [0.5, 0.6) is 11.5 Å². The number of nitrogens with one attached hydrogen (secondary N) is 1. The number of methoxy groups -OCH3 is 2. The Kier molecular flexibility index (Phi) is 9.44. The van der Waals surface area contributed by atoms with E-state index in [1.807, 2.05) is 12.1 Å². The molecule has 1 heterocycles. The molecule has 2 aromatic rings. The zero-order valence-electron chi connectivity index (χ0n) is 19.1. The number of ether oxygens (including phenoxy) is 2. The molecule has 0 aliphatic rings. The molecule has 0 amide bonds. The van der Waals surface area contributed by atoms with Crippen molar-refractivity contribution in [1.29, 1.82) is 0 Å². The summed E-state index contributed by atoms with van der Waals surface area (Å²) in [5.74, 6) is 4.11. The molecule has 0 unspecified atom stereocenters. The van der Waals surface area contributed by atoms with Crippen LogP contribution in [0.15, 0.2) is 27.7 Å². The van der Waals surface area contributed by atoms with Crippen LogP contribution in [0.2, 0.25) is 0 Å². The lowest BCUT2D eigenvalue weighted by molar-refractivity contribution is 0.354. The molecule has 2 rings (SSSR count). The van der Waals surface area contributed by atoms with Crippen LogP contribution in [0, 0.1) is 0 Å². The Labute approximate surface area is 179 Å². The van der Waals surface area contributed by atoms with E-state index in [0.717, 1.165) is 55.6 Å². The molecule has 8 nitrogen and oxygen atoms in total. The molecule has 1 aromatic heterocycles. The van der Waals surface area contributed by atoms with Crippen LogP contribution in [0.3, 0.4) is 0 Å². The van der Waals surface area contributed by atoms with Gasteiger partial charge >= 0.3 is 0 Å². The third-order valence-electron chi connectivity index (χ3n) is 4.69. The SMILES string of the molecule is CCNC(=NCCCc1nc(C(C)C)no1)N(C)CCc1ccc(OC)c(OC)c1. The van der Waals surface area contributed by atoms with Gasteiger partial charge in [0.2, 0.25) is 5.89 Å². The molecular formula is C22H35N5O3. The van der Waals surface area contributed by atoms with Crippen LogP contribution in [-0.2, 0) is 12.8 Å². The summed E-state index contributed by atoms with van der Waals surface area (Å²) < 4.78 is 16.0. The van der Waals surface area contributed by atoms with E-state index in [4.69, 9.17) is 19.0 Å². The fourth-order valence-electron chi connectivity index (χ4n) is 2.93. The third kappa shape index (κ3) is 6.93. The Balaban J connectivity index is 1.87. The summed E-state index contributed by atoms with van der Waals surface area (Å²) in [6.45, 7) is 8.54. The maximum absolute atomic E-state index is 5.39. The molecule has 166 valence electrons. The zero-order chi connectivity index (χ0) is 21.9. The molecular weight excluding hydrogens is 382 g/mol. The highest BCUT2D eigenvalue weighted by Crippen LogP contribution is 2.27. The first kappa shape index (κ1) is 23.5. The van der Waals surface area contributed by atoms with Crippen molar-refractivity contribution in [3.05, 3.63) is 35.5 Å². The van der Waals surface area contributed by atoms with Gasteiger partial charge in [0.25, 0.3) is 0 Å². The topological polar surface area (TPSA) is 85.0 Å². The average molecular weight is 418 g/mol. The van der Waals surface area contributed by atoms with E-state index in [2.05, 4.69) is 54.2 Å². The molecule has 0 bridgehead atoms. The normalized spacial score (nSPS) is 11.6. The van der Waals surface area contributed by atoms with E-state index in [-0.39, 0.29) is 5.92 Å². The zero-order valence-corrected chi connectivity index (χ0v) is 19.1. The van der Waals surface area contributed by atoms with E-state index in [1.54, 1.807) is 14.2 Å². The lowest BCUT2D eigenvalue weighted by atomic mass is 10.1. The maximum Gasteiger partial charge on any atom is 0.226 e. The number of likely N-dealkylation sites (N-methyl/N-ethyl adjacent to an activating group) is 1. The van der Waals surface area contributed by atoms with Crippen LogP contribution in [0.4, 0.5) is 0 Å². The average Bonchev–Trinajstić information content (AvgIpc) is 3.23. The second kappa shape index (κ2) is 12.0. The highest BCUT2D eigenvalue weighted by Gasteiger charge is 2.10. The van der Waals surface area contributed by atoms with E-state index >= 15 is 0 Å². The number of benzene rings is 1. The number of aliphatic imine (C=N–C) groups is 1. The van der Waals surface area contributed by atoms with Crippen LogP contribution in [-0.4, -0.2) is 61.9 Å². The quantitative estimate of drug-likeness (QED) is 0.341. The van der Waals surface area contributed by atoms with E-state index < -0.39 is 0 Å². The van der Waals surface area contributed by atoms with Gasteiger partial charge in [0.1, 0.15) is 0 Å². The predicted octanol–water partition coefficient (Wildman–Crippen LogP) is 3.28. The summed E-state index contributed by atoms with van der Waals surface area (Å²) in [6, 6.07) is 6.03. The molecule has 1 aromatic carbocycles. The van der Waals surface area contributed by atoms with Crippen molar-refractivity contribution in [2.75, 3.05) is 40.9 Å². The van der Waals surface area contributed by atoms with Gasteiger partial charge in [-0.2, -0.15) is 4.98 Å². The lowest BCUT2D eigenvalue weighted by Crippen LogP contribution is -2.40. The minimum atomic E-state index is 0.278. The Morgan fingerprint density at radius 2 is 1.97 bits per heavy atom. The summed E-state index contributed by atoms with van der Waals surface area (Å²) in [5, 5.41) is 7.36. The van der Waals surface area contributed by atoms with Crippen molar-refractivity contribution in [2.24, 2.45) is 4.99 Å². The number of aromatic nitrogens is 2. The van der Waals surface area contributed by atoms with Crippen molar-refractivity contribution in [3.63, 3.8) is 0 Å². The Bertz CT molecular complexity index is 804. The van der Waals surface area contributed by atoms with Gasteiger partial charge in [0, 0.05) is 39.0 Å². The van der Waals surface area contributed by atoms with Crippen LogP contribution in [0.1, 0.15) is 50.4 Å². The summed E-state index contributed by atoms with van der Waals surface area (Å²) in [7, 11) is 5.35. The minimum Gasteiger partial charge on any atom is -0.493 e. The van der Waals surface area contributed by atoms with Crippen molar-refractivity contribution >= 4 is 5.96 Å². The van der Waals surface area contributed by atoms with E-state index in [9.17, 15) is 0 Å². The van der Waals surface area contributed by atoms with E-state index in [0.29, 0.717) is 12.4 Å². The van der Waals surface area contributed by atoms with Crippen LogP contribution >= 0.6 is 0 Å². The number of aryl methyl sites for hydroxylation is 1. The van der Waals surface area contributed by atoms with Crippen LogP contribution in [0.25, 0.3) is 0 Å². The van der Waals surface area contributed by atoms with Gasteiger partial charge in [-0.3, -0.25) is 4.99 Å². The van der Waals surface area contributed by atoms with Crippen molar-refractivity contribution in [2.45, 2.75) is 46.0 Å². The van der Waals surface area contributed by atoms with Gasteiger partial charge in [-0.25, -0.2) is 0 Å². The minimum absolute atomic E-state index is 0.278. The number of hydrogen-bond donors (Lipinski definition) is 1. The molecule has 30 heavy (non-hydrogen) atoms. The highest BCUT2D eigenvalue weighted by atomic mass is 16.5. The van der Waals surface area contributed by atoms with Crippen molar-refractivity contribution < 1.29 is 14.0 Å². The predicted molar refractivity (Wildman–Crippen MR) is 119 cm³/mol. The van der Waals surface area contributed by atoms with Gasteiger partial charge in [-0.15, -0.1) is 0 Å². The third-order valence-corrected chi connectivity index (χ3v) is 4.69. The molecule has 0 spiro atoms. The standard InChI is InChI=1S/C22H35N5O3/c1-7-23-22(24-13-8-9-20-25-21(16(2)3)26-30-20)27(4)14-12-17-10-11-18(28-5)19(15-17)29-6/h10-11,15-16H,7-9,12-14H2,1-6H3,(H,23,24). The second-order valence-electron chi connectivity index (χ2n) is 7.40. The Morgan fingerprint density at radius 1 is 1.20 bits per heavy atom. The molecule has 8 heteroatoms. The summed E-state index contributed by atoms with van der Waals surface area (Å²) >= 11 is 0. The van der Waals surface area contributed by atoms with Gasteiger partial charge in [-0.05, 0) is 37.5 Å². The Morgan fingerprint density at radius 3 is 2.60 bits per heavy atom. The van der Waals surface area contributed by atoms with Gasteiger partial charge in [-0.1, -0.05) is 25.1 Å². The van der Waals surface area contributed by atoms with Crippen molar-refractivity contribution in [1.82, 2.24) is 20.4 Å². The molecule has 0 saturated carbocycles. The fourth-order valence-corrected chi connectivity index (χ4v) is 2.93. The van der Waals surface area contributed by atoms with Crippen LogP contribution < -0.4 is 14.8 Å². The summed E-state index contributed by atoms with van der Waals surface area (Å²) in [4.78, 5) is 11.3. The van der Waals surface area contributed by atoms with Gasteiger partial charge in [0.05, 0.1) is 14.2 Å². The number of guanidine groups is 1. The van der Waals surface area contributed by atoms with Crippen molar-refractivity contribution in [3.8, 4) is 11.5 Å². The first-order chi connectivity index (χ1) is 14.5. The highest BCUT2D eigenvalue weighted by molar-refractivity contribution is 5.79. The first-order valence-corrected chi connectivity index (χ1v) is 10.5. The molecule has 1 N–H and O–H groups in total. The molecule has 0 aliphatic carbocycles. The first-order valence-electron chi connectivity index (χ1n) is 10.5.